The predicted octanol–water partition coefficient (Wildman–Crippen LogP) is 2.93. The molecule has 2 aliphatic rings. The van der Waals surface area contributed by atoms with E-state index in [1.165, 1.54) is 12.8 Å². The minimum Gasteiger partial charge on any atom is -0.355 e. The first-order valence-electron chi connectivity index (χ1n) is 10.8. The number of halogens is 1. The second-order valence-corrected chi connectivity index (χ2v) is 9.44. The molecule has 2 rings (SSSR count). The molecule has 0 spiro atoms. The second-order valence-electron chi connectivity index (χ2n) is 9.44. The van der Waals surface area contributed by atoms with Crippen molar-refractivity contribution in [2.75, 3.05) is 46.3 Å². The van der Waals surface area contributed by atoms with Crippen molar-refractivity contribution >= 4 is 35.8 Å². The highest BCUT2D eigenvalue weighted by molar-refractivity contribution is 14.0. The summed E-state index contributed by atoms with van der Waals surface area (Å²) in [6, 6.07) is 0.413. The van der Waals surface area contributed by atoms with Gasteiger partial charge in [-0.1, -0.05) is 27.2 Å². The predicted molar refractivity (Wildman–Crippen MR) is 128 cm³/mol. The van der Waals surface area contributed by atoms with Crippen molar-refractivity contribution in [1.29, 1.82) is 0 Å². The van der Waals surface area contributed by atoms with Crippen LogP contribution in [0.1, 0.15) is 59.8 Å². The van der Waals surface area contributed by atoms with Gasteiger partial charge in [0.1, 0.15) is 0 Å². The van der Waals surface area contributed by atoms with Crippen LogP contribution in [0, 0.1) is 11.3 Å². The number of hydrogen-bond acceptors (Lipinski definition) is 3. The van der Waals surface area contributed by atoms with Gasteiger partial charge in [0, 0.05) is 58.3 Å². The first-order chi connectivity index (χ1) is 12.8. The Morgan fingerprint density at radius 2 is 1.82 bits per heavy atom. The van der Waals surface area contributed by atoms with E-state index in [1.54, 1.807) is 0 Å². The lowest BCUT2D eigenvalue weighted by Gasteiger charge is -2.38. The second kappa shape index (κ2) is 12.2. The Kier molecular flexibility index (Phi) is 11.1. The Morgan fingerprint density at radius 1 is 1.18 bits per heavy atom. The normalized spacial score (nSPS) is 20.2. The standard InChI is InChI=1S/C21H41N5O.HI/c1-17(9-10-21(2,3)4)24-20(22-5)23-11-12-25-13-15-26(16-14-25)19(27)18-7-6-8-18;/h17-18H,6-16H2,1-5H3,(H2,22,23,24);1H. The van der Waals surface area contributed by atoms with Crippen molar-refractivity contribution in [3.05, 3.63) is 0 Å². The molecule has 1 aliphatic heterocycles. The fraction of sp³-hybridized carbons (Fsp3) is 0.905. The van der Waals surface area contributed by atoms with Crippen LogP contribution < -0.4 is 10.6 Å². The average Bonchev–Trinajstić information content (AvgIpc) is 2.57. The van der Waals surface area contributed by atoms with Gasteiger partial charge in [-0.3, -0.25) is 14.7 Å². The first-order valence-corrected chi connectivity index (χ1v) is 10.8. The summed E-state index contributed by atoms with van der Waals surface area (Å²) >= 11 is 0. The van der Waals surface area contributed by atoms with E-state index >= 15 is 0 Å². The monoisotopic (exact) mass is 507 g/mol. The lowest BCUT2D eigenvalue weighted by molar-refractivity contribution is -0.139. The molecule has 6 nitrogen and oxygen atoms in total. The SMILES string of the molecule is CN=C(NCCN1CCN(C(=O)C2CCC2)CC1)NC(C)CCC(C)(C)C.I. The zero-order valence-electron chi connectivity index (χ0n) is 18.6. The fourth-order valence-electron chi connectivity index (χ4n) is 3.59. The van der Waals surface area contributed by atoms with Crippen molar-refractivity contribution in [1.82, 2.24) is 20.4 Å². The van der Waals surface area contributed by atoms with Crippen LogP contribution in [-0.2, 0) is 4.79 Å². The maximum absolute atomic E-state index is 12.3. The van der Waals surface area contributed by atoms with Crippen LogP contribution in [0.2, 0.25) is 0 Å². The maximum atomic E-state index is 12.3. The van der Waals surface area contributed by atoms with Crippen LogP contribution in [0.5, 0.6) is 0 Å². The summed E-state index contributed by atoms with van der Waals surface area (Å²) in [5.74, 6) is 1.61. The third-order valence-corrected chi connectivity index (χ3v) is 5.79. The van der Waals surface area contributed by atoms with Crippen molar-refractivity contribution in [2.24, 2.45) is 16.3 Å². The summed E-state index contributed by atoms with van der Waals surface area (Å²) in [4.78, 5) is 21.2. The molecular formula is C21H42IN5O. The number of piperazine rings is 1. The van der Waals surface area contributed by atoms with Crippen LogP contribution >= 0.6 is 24.0 Å². The number of nitrogens with one attached hydrogen (secondary N) is 2. The zero-order chi connectivity index (χ0) is 19.9. The number of carbonyl (C=O) groups is 1. The number of nitrogens with zero attached hydrogens (tertiary/aromatic N) is 3. The number of guanidine groups is 1. The van der Waals surface area contributed by atoms with E-state index in [-0.39, 0.29) is 24.0 Å². The van der Waals surface area contributed by atoms with Crippen LogP contribution in [0.3, 0.4) is 0 Å². The minimum absolute atomic E-state index is 0. The number of amides is 1. The van der Waals surface area contributed by atoms with E-state index < -0.39 is 0 Å². The molecule has 2 fully saturated rings. The highest BCUT2D eigenvalue weighted by Crippen LogP contribution is 2.28. The highest BCUT2D eigenvalue weighted by atomic mass is 127. The van der Waals surface area contributed by atoms with Crippen LogP contribution in [0.25, 0.3) is 0 Å². The van der Waals surface area contributed by atoms with Crippen molar-refractivity contribution in [2.45, 2.75) is 65.8 Å². The molecule has 1 heterocycles. The minimum atomic E-state index is 0. The summed E-state index contributed by atoms with van der Waals surface area (Å²) in [6.07, 6.45) is 5.77. The quantitative estimate of drug-likeness (QED) is 0.316. The third-order valence-electron chi connectivity index (χ3n) is 5.79. The van der Waals surface area contributed by atoms with E-state index in [1.807, 2.05) is 7.05 Å². The molecule has 1 amide bonds. The van der Waals surface area contributed by atoms with Crippen molar-refractivity contribution < 1.29 is 4.79 Å². The largest absolute Gasteiger partial charge is 0.355 e. The molecule has 164 valence electrons. The zero-order valence-corrected chi connectivity index (χ0v) is 20.9. The van der Waals surface area contributed by atoms with Gasteiger partial charge < -0.3 is 15.5 Å². The van der Waals surface area contributed by atoms with E-state index in [0.29, 0.717) is 23.3 Å². The van der Waals surface area contributed by atoms with Crippen LogP contribution in [0.15, 0.2) is 4.99 Å². The highest BCUT2D eigenvalue weighted by Gasteiger charge is 2.31. The van der Waals surface area contributed by atoms with E-state index in [9.17, 15) is 4.79 Å². The molecule has 0 aromatic heterocycles. The molecule has 1 atom stereocenters. The molecule has 0 aromatic rings. The molecule has 1 saturated carbocycles. The molecule has 7 heteroatoms. The van der Waals surface area contributed by atoms with Gasteiger partial charge in [-0.15, -0.1) is 24.0 Å². The number of aliphatic imine (C=N–C) groups is 1. The van der Waals surface area contributed by atoms with E-state index in [4.69, 9.17) is 0 Å². The molecular weight excluding hydrogens is 465 g/mol. The fourth-order valence-corrected chi connectivity index (χ4v) is 3.59. The Hall–Kier alpha value is -0.570. The Bertz CT molecular complexity index is 494. The van der Waals surface area contributed by atoms with Gasteiger partial charge in [-0.2, -0.15) is 0 Å². The van der Waals surface area contributed by atoms with Gasteiger partial charge in [-0.25, -0.2) is 0 Å². The van der Waals surface area contributed by atoms with Crippen molar-refractivity contribution in [3.63, 3.8) is 0 Å². The molecule has 1 unspecified atom stereocenters. The first kappa shape index (κ1) is 25.5. The Balaban J connectivity index is 0.00000392. The van der Waals surface area contributed by atoms with Gasteiger partial charge in [0.15, 0.2) is 5.96 Å². The lowest BCUT2D eigenvalue weighted by Crippen LogP contribution is -2.52. The summed E-state index contributed by atoms with van der Waals surface area (Å²) in [5, 5.41) is 6.92. The Labute approximate surface area is 189 Å². The summed E-state index contributed by atoms with van der Waals surface area (Å²) < 4.78 is 0. The smallest absolute Gasteiger partial charge is 0.225 e. The molecule has 2 N–H and O–H groups in total. The molecule has 0 aromatic carbocycles. The molecule has 0 bridgehead atoms. The van der Waals surface area contributed by atoms with Crippen LogP contribution in [-0.4, -0.2) is 74.0 Å². The molecule has 1 aliphatic carbocycles. The number of hydrogen-bond donors (Lipinski definition) is 2. The lowest BCUT2D eigenvalue weighted by atomic mass is 9.84. The van der Waals surface area contributed by atoms with E-state index in [0.717, 1.165) is 64.5 Å². The molecule has 1 saturated heterocycles. The van der Waals surface area contributed by atoms with Gasteiger partial charge in [0.2, 0.25) is 5.91 Å². The maximum Gasteiger partial charge on any atom is 0.225 e. The summed E-state index contributed by atoms with van der Waals surface area (Å²) in [7, 11) is 1.83. The summed E-state index contributed by atoms with van der Waals surface area (Å²) in [6.45, 7) is 14.7. The van der Waals surface area contributed by atoms with Gasteiger partial charge in [0.05, 0.1) is 0 Å². The number of carbonyl (C=O) groups excluding carboxylic acids is 1. The van der Waals surface area contributed by atoms with Gasteiger partial charge >= 0.3 is 0 Å². The number of rotatable bonds is 7. The molecule has 0 radical (unpaired) electrons. The van der Waals surface area contributed by atoms with Crippen LogP contribution in [0.4, 0.5) is 0 Å². The van der Waals surface area contributed by atoms with Gasteiger partial charge in [0.25, 0.3) is 0 Å². The topological polar surface area (TPSA) is 60.0 Å². The average molecular weight is 508 g/mol. The van der Waals surface area contributed by atoms with Crippen molar-refractivity contribution in [3.8, 4) is 0 Å². The Morgan fingerprint density at radius 3 is 2.32 bits per heavy atom. The van der Waals surface area contributed by atoms with E-state index in [2.05, 4.69) is 53.1 Å². The third kappa shape index (κ3) is 8.84. The van der Waals surface area contributed by atoms with Gasteiger partial charge in [-0.05, 0) is 38.0 Å². The summed E-state index contributed by atoms with van der Waals surface area (Å²) in [5.41, 5.74) is 0.370. The molecule has 28 heavy (non-hydrogen) atoms.